The van der Waals surface area contributed by atoms with Crippen molar-refractivity contribution >= 4 is 0 Å². The van der Waals surface area contributed by atoms with Crippen molar-refractivity contribution in [2.24, 2.45) is 5.92 Å². The van der Waals surface area contributed by atoms with Crippen LogP contribution in [0.3, 0.4) is 0 Å². The van der Waals surface area contributed by atoms with E-state index in [0.717, 1.165) is 51.0 Å². The summed E-state index contributed by atoms with van der Waals surface area (Å²) in [5.41, 5.74) is 1.12. The van der Waals surface area contributed by atoms with Gasteiger partial charge in [0.25, 0.3) is 5.56 Å². The van der Waals surface area contributed by atoms with Crippen molar-refractivity contribution in [3.8, 4) is 0 Å². The molecule has 5 heteroatoms. The fraction of sp³-hybridized carbons (Fsp3) is 0.765. The minimum atomic E-state index is -0.115. The normalized spacial score (nSPS) is 30.2. The zero-order chi connectivity index (χ0) is 15.1. The Balaban J connectivity index is 1.36. The molecule has 2 aliphatic carbocycles. The molecule has 3 aliphatic rings. The van der Waals surface area contributed by atoms with Gasteiger partial charge in [-0.25, -0.2) is 4.68 Å². The number of aliphatic hydroxyl groups excluding tert-OH is 1. The van der Waals surface area contributed by atoms with E-state index >= 15 is 0 Å². The first kappa shape index (κ1) is 14.4. The lowest BCUT2D eigenvalue weighted by Crippen LogP contribution is -2.53. The fourth-order valence-corrected chi connectivity index (χ4v) is 3.79. The highest BCUT2D eigenvalue weighted by Crippen LogP contribution is 2.38. The predicted molar refractivity (Wildman–Crippen MR) is 83.8 cm³/mol. The van der Waals surface area contributed by atoms with E-state index in [4.69, 9.17) is 0 Å². The molecule has 22 heavy (non-hydrogen) atoms. The van der Waals surface area contributed by atoms with Crippen molar-refractivity contribution in [2.45, 2.75) is 63.1 Å². The minimum absolute atomic E-state index is 0.0289. The maximum absolute atomic E-state index is 12.0. The van der Waals surface area contributed by atoms with Gasteiger partial charge in [0.05, 0.1) is 11.8 Å². The molecule has 1 aromatic heterocycles. The molecular formula is C17H25N3O2. The summed E-state index contributed by atoms with van der Waals surface area (Å²) in [6.07, 6.45) is 6.61. The Hall–Kier alpha value is -1.20. The molecule has 5 nitrogen and oxygen atoms in total. The van der Waals surface area contributed by atoms with Crippen LogP contribution in [0, 0.1) is 5.92 Å². The molecule has 1 aromatic rings. The van der Waals surface area contributed by atoms with E-state index < -0.39 is 0 Å². The van der Waals surface area contributed by atoms with E-state index in [-0.39, 0.29) is 11.7 Å². The summed E-state index contributed by atoms with van der Waals surface area (Å²) >= 11 is 0. The van der Waals surface area contributed by atoms with Crippen LogP contribution in [0.4, 0.5) is 0 Å². The van der Waals surface area contributed by atoms with Crippen LogP contribution in [0.15, 0.2) is 16.9 Å². The number of nitrogens with zero attached hydrogens (tertiary/aromatic N) is 3. The molecule has 1 N–H and O–H groups in total. The summed E-state index contributed by atoms with van der Waals surface area (Å²) in [5.74, 6) is 1.13. The van der Waals surface area contributed by atoms with Gasteiger partial charge in [0.2, 0.25) is 0 Å². The standard InChI is InChI=1S/C17H25N3O2/c21-16-5-4-15(16)19-9-7-12(8-10-19)11-20-17(22)6-3-14(18-20)13-1-2-13/h3,6,12-13,15-16,21H,1-2,4-5,7-11H2. The Kier molecular flexibility index (Phi) is 3.78. The highest BCUT2D eigenvalue weighted by Gasteiger charge is 2.35. The van der Waals surface area contributed by atoms with Crippen molar-refractivity contribution in [1.82, 2.24) is 14.7 Å². The van der Waals surface area contributed by atoms with Crippen molar-refractivity contribution in [1.29, 1.82) is 0 Å². The minimum Gasteiger partial charge on any atom is -0.391 e. The molecule has 0 aromatic carbocycles. The lowest BCUT2D eigenvalue weighted by Gasteiger charge is -2.44. The van der Waals surface area contributed by atoms with Crippen LogP contribution >= 0.6 is 0 Å². The second-order valence-corrected chi connectivity index (χ2v) is 7.24. The third kappa shape index (κ3) is 2.84. The van der Waals surface area contributed by atoms with E-state index in [2.05, 4.69) is 10.00 Å². The largest absolute Gasteiger partial charge is 0.391 e. The zero-order valence-electron chi connectivity index (χ0n) is 13.0. The lowest BCUT2D eigenvalue weighted by molar-refractivity contribution is -0.0348. The number of likely N-dealkylation sites (tertiary alicyclic amines) is 1. The van der Waals surface area contributed by atoms with Crippen LogP contribution in [0.2, 0.25) is 0 Å². The highest BCUT2D eigenvalue weighted by atomic mass is 16.3. The molecular weight excluding hydrogens is 278 g/mol. The summed E-state index contributed by atoms with van der Waals surface area (Å²) in [4.78, 5) is 14.4. The van der Waals surface area contributed by atoms with Gasteiger partial charge in [0.15, 0.2) is 0 Å². The molecule has 0 bridgehead atoms. The van der Waals surface area contributed by atoms with Gasteiger partial charge in [-0.1, -0.05) is 0 Å². The van der Waals surface area contributed by atoms with Crippen molar-refractivity contribution < 1.29 is 5.11 Å². The van der Waals surface area contributed by atoms with E-state index in [1.807, 2.05) is 6.07 Å². The van der Waals surface area contributed by atoms with Gasteiger partial charge in [-0.2, -0.15) is 5.10 Å². The third-order valence-electron chi connectivity index (χ3n) is 5.63. The number of aliphatic hydroxyl groups is 1. The Morgan fingerprint density at radius 2 is 1.86 bits per heavy atom. The topological polar surface area (TPSA) is 58.4 Å². The molecule has 2 heterocycles. The Bertz CT molecular complexity index is 588. The first-order chi connectivity index (χ1) is 10.7. The molecule has 4 rings (SSSR count). The van der Waals surface area contributed by atoms with Crippen LogP contribution < -0.4 is 5.56 Å². The van der Waals surface area contributed by atoms with E-state index in [1.54, 1.807) is 10.7 Å². The average Bonchev–Trinajstić information content (AvgIpc) is 3.34. The fourth-order valence-electron chi connectivity index (χ4n) is 3.79. The maximum Gasteiger partial charge on any atom is 0.266 e. The summed E-state index contributed by atoms with van der Waals surface area (Å²) in [6, 6.07) is 3.97. The number of hydrogen-bond donors (Lipinski definition) is 1. The van der Waals surface area contributed by atoms with Gasteiger partial charge in [-0.05, 0) is 63.6 Å². The van der Waals surface area contributed by atoms with Crippen LogP contribution in [0.1, 0.15) is 50.1 Å². The van der Waals surface area contributed by atoms with E-state index in [1.165, 1.54) is 12.8 Å². The molecule has 3 fully saturated rings. The third-order valence-corrected chi connectivity index (χ3v) is 5.63. The van der Waals surface area contributed by atoms with Gasteiger partial charge in [-0.3, -0.25) is 9.69 Å². The van der Waals surface area contributed by atoms with Crippen molar-refractivity contribution in [2.75, 3.05) is 13.1 Å². The smallest absolute Gasteiger partial charge is 0.266 e. The molecule has 1 saturated heterocycles. The molecule has 2 saturated carbocycles. The maximum atomic E-state index is 12.0. The van der Waals surface area contributed by atoms with Gasteiger partial charge in [0.1, 0.15) is 0 Å². The second kappa shape index (κ2) is 5.78. The summed E-state index contributed by atoms with van der Waals surface area (Å²) in [6.45, 7) is 2.84. The van der Waals surface area contributed by atoms with Crippen molar-refractivity contribution in [3.05, 3.63) is 28.2 Å². The van der Waals surface area contributed by atoms with Crippen LogP contribution in [0.5, 0.6) is 0 Å². The second-order valence-electron chi connectivity index (χ2n) is 7.24. The van der Waals surface area contributed by atoms with Crippen molar-refractivity contribution in [3.63, 3.8) is 0 Å². The zero-order valence-corrected chi connectivity index (χ0v) is 13.0. The molecule has 0 radical (unpaired) electrons. The van der Waals surface area contributed by atoms with Gasteiger partial charge < -0.3 is 5.11 Å². The molecule has 0 amide bonds. The Morgan fingerprint density at radius 3 is 2.45 bits per heavy atom. The number of rotatable bonds is 4. The number of piperidine rings is 1. The monoisotopic (exact) mass is 303 g/mol. The molecule has 1 aliphatic heterocycles. The average molecular weight is 303 g/mol. The van der Waals surface area contributed by atoms with Crippen LogP contribution in [-0.4, -0.2) is 45.0 Å². The highest BCUT2D eigenvalue weighted by molar-refractivity contribution is 5.12. The SMILES string of the molecule is O=c1ccc(C2CC2)nn1CC1CCN(C2CCC2O)CC1. The number of hydrogen-bond acceptors (Lipinski definition) is 4. The quantitative estimate of drug-likeness (QED) is 0.912. The van der Waals surface area contributed by atoms with Crippen LogP contribution in [-0.2, 0) is 6.54 Å². The van der Waals surface area contributed by atoms with Gasteiger partial charge >= 0.3 is 0 Å². The molecule has 0 spiro atoms. The first-order valence-corrected chi connectivity index (χ1v) is 8.71. The summed E-state index contributed by atoms with van der Waals surface area (Å²) in [5, 5.41) is 14.4. The lowest BCUT2D eigenvalue weighted by atomic mass is 9.85. The Labute approximate surface area is 130 Å². The van der Waals surface area contributed by atoms with Crippen LogP contribution in [0.25, 0.3) is 0 Å². The van der Waals surface area contributed by atoms with E-state index in [9.17, 15) is 9.90 Å². The summed E-state index contributed by atoms with van der Waals surface area (Å²) in [7, 11) is 0. The Morgan fingerprint density at radius 1 is 1.09 bits per heavy atom. The van der Waals surface area contributed by atoms with E-state index in [0.29, 0.717) is 17.9 Å². The number of aromatic nitrogens is 2. The molecule has 120 valence electrons. The van der Waals surface area contributed by atoms with Gasteiger partial charge in [0, 0.05) is 24.6 Å². The molecule has 2 atom stereocenters. The molecule has 2 unspecified atom stereocenters. The van der Waals surface area contributed by atoms with Gasteiger partial charge in [-0.15, -0.1) is 0 Å². The first-order valence-electron chi connectivity index (χ1n) is 8.71. The summed E-state index contributed by atoms with van der Waals surface area (Å²) < 4.78 is 1.69. The predicted octanol–water partition coefficient (Wildman–Crippen LogP) is 1.36.